The third-order valence-corrected chi connectivity index (χ3v) is 5.82. The first kappa shape index (κ1) is 21.1. The molecule has 1 fully saturated rings. The molecule has 0 aromatic heterocycles. The molecule has 3 aromatic rings. The first-order chi connectivity index (χ1) is 15.0. The molecule has 0 aliphatic carbocycles. The van der Waals surface area contributed by atoms with E-state index in [1.54, 1.807) is 54.6 Å². The number of hydrogen-bond donors (Lipinski definition) is 1. The summed E-state index contributed by atoms with van der Waals surface area (Å²) in [5, 5.41) is 3.32. The van der Waals surface area contributed by atoms with E-state index in [0.717, 1.165) is 21.3 Å². The number of aryl methyl sites for hydroxylation is 1. The fourth-order valence-corrected chi connectivity index (χ4v) is 3.86. The maximum Gasteiger partial charge on any atom is 0.343 e. The van der Waals surface area contributed by atoms with Gasteiger partial charge in [-0.3, -0.25) is 4.79 Å². The van der Waals surface area contributed by atoms with E-state index in [1.165, 1.54) is 11.8 Å². The van der Waals surface area contributed by atoms with E-state index in [4.69, 9.17) is 4.74 Å². The highest BCUT2D eigenvalue weighted by molar-refractivity contribution is 9.10. The summed E-state index contributed by atoms with van der Waals surface area (Å²) in [5.41, 5.74) is 3.22. The molecule has 5 nitrogen and oxygen atoms in total. The number of esters is 1. The minimum absolute atomic E-state index is 0.193. The lowest BCUT2D eigenvalue weighted by Gasteiger charge is -2.05. The molecule has 154 valence electrons. The molecule has 0 unspecified atom stereocenters. The summed E-state index contributed by atoms with van der Waals surface area (Å²) >= 11 is 4.62. The second-order valence-corrected chi connectivity index (χ2v) is 8.73. The van der Waals surface area contributed by atoms with Gasteiger partial charge in [0, 0.05) is 4.47 Å². The molecule has 1 heterocycles. The van der Waals surface area contributed by atoms with Gasteiger partial charge in [0.15, 0.2) is 5.17 Å². The quantitative estimate of drug-likeness (QED) is 0.281. The maximum absolute atomic E-state index is 12.3. The summed E-state index contributed by atoms with van der Waals surface area (Å²) in [6.45, 7) is 2.01. The maximum atomic E-state index is 12.3. The number of carbonyl (C=O) groups excluding carboxylic acids is 2. The van der Waals surface area contributed by atoms with E-state index in [2.05, 4.69) is 26.2 Å². The second-order valence-electron chi connectivity index (χ2n) is 6.78. The summed E-state index contributed by atoms with van der Waals surface area (Å²) < 4.78 is 6.29. The predicted octanol–water partition coefficient (Wildman–Crippen LogP) is 5.87. The first-order valence-electron chi connectivity index (χ1n) is 9.40. The number of aliphatic imine (C=N–C) groups is 1. The lowest BCUT2D eigenvalue weighted by atomic mass is 10.2. The van der Waals surface area contributed by atoms with Crippen LogP contribution >= 0.6 is 27.7 Å². The number of amidine groups is 1. The van der Waals surface area contributed by atoms with Crippen molar-refractivity contribution in [1.29, 1.82) is 0 Å². The molecule has 31 heavy (non-hydrogen) atoms. The van der Waals surface area contributed by atoms with Crippen LogP contribution in [0.15, 0.2) is 87.2 Å². The topological polar surface area (TPSA) is 67.8 Å². The van der Waals surface area contributed by atoms with Gasteiger partial charge in [-0.05, 0) is 78.9 Å². The van der Waals surface area contributed by atoms with Gasteiger partial charge in [0.2, 0.25) is 0 Å². The Balaban J connectivity index is 1.43. The Morgan fingerprint density at radius 2 is 1.68 bits per heavy atom. The number of nitrogens with zero attached hydrogens (tertiary/aromatic N) is 1. The molecule has 1 amide bonds. The van der Waals surface area contributed by atoms with E-state index in [9.17, 15) is 9.59 Å². The lowest BCUT2D eigenvalue weighted by Crippen LogP contribution is -2.19. The van der Waals surface area contributed by atoms with Crippen LogP contribution in [0.25, 0.3) is 6.08 Å². The minimum Gasteiger partial charge on any atom is -0.423 e. The van der Waals surface area contributed by atoms with Crippen molar-refractivity contribution in [2.75, 3.05) is 0 Å². The van der Waals surface area contributed by atoms with Crippen molar-refractivity contribution in [2.24, 2.45) is 4.99 Å². The molecule has 1 aliphatic heterocycles. The van der Waals surface area contributed by atoms with E-state index >= 15 is 0 Å². The van der Waals surface area contributed by atoms with Crippen LogP contribution in [0.4, 0.5) is 5.69 Å². The van der Waals surface area contributed by atoms with Crippen LogP contribution in [-0.4, -0.2) is 17.0 Å². The predicted molar refractivity (Wildman–Crippen MR) is 128 cm³/mol. The average molecular weight is 493 g/mol. The molecule has 1 N–H and O–H groups in total. The molecular formula is C24H17BrN2O3S. The van der Waals surface area contributed by atoms with Gasteiger partial charge in [-0.15, -0.1) is 0 Å². The number of nitrogens with one attached hydrogen (secondary N) is 1. The van der Waals surface area contributed by atoms with Gasteiger partial charge in [-0.25, -0.2) is 9.79 Å². The Bertz CT molecular complexity index is 1190. The first-order valence-corrected chi connectivity index (χ1v) is 11.0. The minimum atomic E-state index is -0.429. The lowest BCUT2D eigenvalue weighted by molar-refractivity contribution is -0.115. The highest BCUT2D eigenvalue weighted by Crippen LogP contribution is 2.28. The molecule has 1 saturated heterocycles. The molecule has 0 saturated carbocycles. The number of hydrogen-bond acceptors (Lipinski definition) is 5. The van der Waals surface area contributed by atoms with Crippen LogP contribution in [-0.2, 0) is 4.79 Å². The largest absolute Gasteiger partial charge is 0.423 e. The van der Waals surface area contributed by atoms with Crippen molar-refractivity contribution in [2.45, 2.75) is 6.92 Å². The standard InChI is InChI=1S/C24H17BrN2O3S/c1-15-2-10-19(11-3-15)26-24-27-22(28)21(31-24)14-16-4-12-20(13-5-16)30-23(29)17-6-8-18(25)9-7-17/h2-14H,1H3,(H,26,27,28)/b21-14-. The fourth-order valence-electron chi connectivity index (χ4n) is 2.75. The van der Waals surface area contributed by atoms with Gasteiger partial charge in [0.05, 0.1) is 16.2 Å². The van der Waals surface area contributed by atoms with Crippen LogP contribution in [0.3, 0.4) is 0 Å². The number of ether oxygens (including phenoxy) is 1. The number of rotatable bonds is 4. The normalized spacial score (nSPS) is 15.9. The summed E-state index contributed by atoms with van der Waals surface area (Å²) in [4.78, 5) is 29.5. The number of amides is 1. The number of thioether (sulfide) groups is 1. The van der Waals surface area contributed by atoms with Crippen LogP contribution in [0.5, 0.6) is 5.75 Å². The number of halogens is 1. The molecular weight excluding hydrogens is 476 g/mol. The third-order valence-electron chi connectivity index (χ3n) is 4.38. The summed E-state index contributed by atoms with van der Waals surface area (Å²) in [7, 11) is 0. The molecule has 4 rings (SSSR count). The number of carbonyl (C=O) groups is 2. The highest BCUT2D eigenvalue weighted by atomic mass is 79.9. The van der Waals surface area contributed by atoms with Crippen molar-refractivity contribution >= 4 is 56.5 Å². The van der Waals surface area contributed by atoms with Crippen molar-refractivity contribution in [3.63, 3.8) is 0 Å². The van der Waals surface area contributed by atoms with Crippen molar-refractivity contribution < 1.29 is 14.3 Å². The Kier molecular flexibility index (Phi) is 6.34. The third kappa shape index (κ3) is 5.51. The highest BCUT2D eigenvalue weighted by Gasteiger charge is 2.23. The zero-order chi connectivity index (χ0) is 21.8. The molecule has 1 aliphatic rings. The van der Waals surface area contributed by atoms with Crippen LogP contribution in [0, 0.1) is 6.92 Å². The second kappa shape index (κ2) is 9.32. The van der Waals surface area contributed by atoms with E-state index in [-0.39, 0.29) is 5.91 Å². The molecule has 0 bridgehead atoms. The smallest absolute Gasteiger partial charge is 0.343 e. The van der Waals surface area contributed by atoms with E-state index in [0.29, 0.717) is 21.4 Å². The van der Waals surface area contributed by atoms with Gasteiger partial charge < -0.3 is 10.1 Å². The van der Waals surface area contributed by atoms with Crippen molar-refractivity contribution in [3.05, 3.63) is 98.9 Å². The van der Waals surface area contributed by atoms with Crippen molar-refractivity contribution in [1.82, 2.24) is 5.32 Å². The van der Waals surface area contributed by atoms with E-state index < -0.39 is 5.97 Å². The SMILES string of the molecule is Cc1ccc(N=C2NC(=O)/C(=C/c3ccc(OC(=O)c4ccc(Br)cc4)cc3)S2)cc1. The van der Waals surface area contributed by atoms with Crippen LogP contribution in [0.2, 0.25) is 0 Å². The monoisotopic (exact) mass is 492 g/mol. The molecule has 0 atom stereocenters. The van der Waals surface area contributed by atoms with Gasteiger partial charge in [-0.1, -0.05) is 45.8 Å². The molecule has 3 aromatic carbocycles. The van der Waals surface area contributed by atoms with Gasteiger partial charge in [0.1, 0.15) is 5.75 Å². The van der Waals surface area contributed by atoms with Gasteiger partial charge in [0.25, 0.3) is 5.91 Å². The molecule has 0 radical (unpaired) electrons. The Morgan fingerprint density at radius 3 is 2.35 bits per heavy atom. The van der Waals surface area contributed by atoms with Crippen LogP contribution in [0.1, 0.15) is 21.5 Å². The van der Waals surface area contributed by atoms with Gasteiger partial charge >= 0.3 is 5.97 Å². The summed E-state index contributed by atoms with van der Waals surface area (Å²) in [6.07, 6.45) is 1.78. The van der Waals surface area contributed by atoms with Crippen molar-refractivity contribution in [3.8, 4) is 5.75 Å². The van der Waals surface area contributed by atoms with Gasteiger partial charge in [-0.2, -0.15) is 0 Å². The number of benzene rings is 3. The Labute approximate surface area is 192 Å². The Hall–Kier alpha value is -3.16. The molecule has 0 spiro atoms. The zero-order valence-electron chi connectivity index (χ0n) is 16.5. The average Bonchev–Trinajstić information content (AvgIpc) is 3.10. The van der Waals surface area contributed by atoms with Crippen LogP contribution < -0.4 is 10.1 Å². The summed E-state index contributed by atoms with van der Waals surface area (Å²) in [5.74, 6) is -0.192. The Morgan fingerprint density at radius 1 is 1.00 bits per heavy atom. The molecule has 7 heteroatoms. The summed E-state index contributed by atoms with van der Waals surface area (Å²) in [6, 6.07) is 21.7. The zero-order valence-corrected chi connectivity index (χ0v) is 18.9. The van der Waals surface area contributed by atoms with E-state index in [1.807, 2.05) is 31.2 Å². The fraction of sp³-hybridized carbons (Fsp3) is 0.0417.